The average Bonchev–Trinajstić information content (AvgIpc) is 3.07. The third-order valence-corrected chi connectivity index (χ3v) is 5.83. The number of fused-ring (bicyclic) bond motifs is 1. The second-order valence-electron chi connectivity index (χ2n) is 7.39. The van der Waals surface area contributed by atoms with Gasteiger partial charge in [-0.25, -0.2) is 0 Å². The van der Waals surface area contributed by atoms with Crippen molar-refractivity contribution < 1.29 is 14.3 Å². The Hall–Kier alpha value is -2.53. The maximum atomic E-state index is 11.9. The fourth-order valence-corrected chi connectivity index (χ4v) is 4.18. The SMILES string of the molecule is COc1ccc([C@@H]2CCN[C@H](C)[C@H]2COc2ccc3c(c2)C(=O)NC3)cc1. The molecular formula is C22H26N2O3. The van der Waals surface area contributed by atoms with E-state index in [1.54, 1.807) is 7.11 Å². The number of methoxy groups -OCH3 is 1. The van der Waals surface area contributed by atoms with Gasteiger partial charge in [-0.1, -0.05) is 18.2 Å². The van der Waals surface area contributed by atoms with E-state index in [0.717, 1.165) is 35.6 Å². The molecule has 2 aromatic rings. The second-order valence-corrected chi connectivity index (χ2v) is 7.39. The van der Waals surface area contributed by atoms with Gasteiger partial charge in [0.05, 0.1) is 13.7 Å². The van der Waals surface area contributed by atoms with Crippen LogP contribution in [0.3, 0.4) is 0 Å². The van der Waals surface area contributed by atoms with Crippen LogP contribution in [-0.2, 0) is 6.54 Å². The number of amides is 1. The first-order chi connectivity index (χ1) is 13.2. The maximum Gasteiger partial charge on any atom is 0.252 e. The highest BCUT2D eigenvalue weighted by atomic mass is 16.5. The van der Waals surface area contributed by atoms with Crippen molar-refractivity contribution in [1.82, 2.24) is 10.6 Å². The van der Waals surface area contributed by atoms with Crippen molar-refractivity contribution in [2.24, 2.45) is 5.92 Å². The molecule has 142 valence electrons. The van der Waals surface area contributed by atoms with Crippen LogP contribution in [0.2, 0.25) is 0 Å². The van der Waals surface area contributed by atoms with E-state index >= 15 is 0 Å². The van der Waals surface area contributed by atoms with Gasteiger partial charge in [0, 0.05) is 24.1 Å². The van der Waals surface area contributed by atoms with Gasteiger partial charge < -0.3 is 20.1 Å². The number of piperidine rings is 1. The molecule has 0 unspecified atom stereocenters. The summed E-state index contributed by atoms with van der Waals surface area (Å²) in [5.41, 5.74) is 3.09. The molecule has 2 N–H and O–H groups in total. The fraction of sp³-hybridized carbons (Fsp3) is 0.409. The Morgan fingerprint density at radius 3 is 2.67 bits per heavy atom. The minimum Gasteiger partial charge on any atom is -0.497 e. The van der Waals surface area contributed by atoms with Crippen molar-refractivity contribution in [2.45, 2.75) is 31.8 Å². The van der Waals surface area contributed by atoms with E-state index < -0.39 is 0 Å². The first-order valence-electron chi connectivity index (χ1n) is 9.57. The molecule has 27 heavy (non-hydrogen) atoms. The summed E-state index contributed by atoms with van der Waals surface area (Å²) in [7, 11) is 1.69. The van der Waals surface area contributed by atoms with Crippen LogP contribution in [0.1, 0.15) is 40.7 Å². The largest absolute Gasteiger partial charge is 0.497 e. The number of carbonyl (C=O) groups excluding carboxylic acids is 1. The van der Waals surface area contributed by atoms with Gasteiger partial charge in [0.25, 0.3) is 5.91 Å². The topological polar surface area (TPSA) is 59.6 Å². The van der Waals surface area contributed by atoms with E-state index in [0.29, 0.717) is 31.0 Å². The van der Waals surface area contributed by atoms with Crippen LogP contribution in [0.15, 0.2) is 42.5 Å². The van der Waals surface area contributed by atoms with Gasteiger partial charge in [-0.3, -0.25) is 4.79 Å². The lowest BCUT2D eigenvalue weighted by molar-refractivity contribution is 0.0965. The van der Waals surface area contributed by atoms with Crippen LogP contribution in [0.5, 0.6) is 11.5 Å². The molecule has 3 atom stereocenters. The van der Waals surface area contributed by atoms with Crippen molar-refractivity contribution in [1.29, 1.82) is 0 Å². The molecular weight excluding hydrogens is 340 g/mol. The predicted octanol–water partition coefficient (Wildman–Crippen LogP) is 3.10. The quantitative estimate of drug-likeness (QED) is 0.854. The molecule has 2 aromatic carbocycles. The number of hydrogen-bond donors (Lipinski definition) is 2. The summed E-state index contributed by atoms with van der Waals surface area (Å²) < 4.78 is 11.4. The smallest absolute Gasteiger partial charge is 0.252 e. The van der Waals surface area contributed by atoms with E-state index in [2.05, 4.69) is 29.7 Å². The Bertz CT molecular complexity index is 819. The van der Waals surface area contributed by atoms with Gasteiger partial charge in [-0.2, -0.15) is 0 Å². The van der Waals surface area contributed by atoms with E-state index in [4.69, 9.17) is 9.47 Å². The summed E-state index contributed by atoms with van der Waals surface area (Å²) in [6.45, 7) is 4.45. The molecule has 0 radical (unpaired) electrons. The molecule has 1 amide bonds. The van der Waals surface area contributed by atoms with Gasteiger partial charge in [-0.05, 0) is 61.2 Å². The van der Waals surface area contributed by atoms with Crippen LogP contribution in [0.4, 0.5) is 0 Å². The Morgan fingerprint density at radius 2 is 1.89 bits per heavy atom. The molecule has 0 bridgehead atoms. The molecule has 1 saturated heterocycles. The van der Waals surface area contributed by atoms with E-state index in [9.17, 15) is 4.79 Å². The monoisotopic (exact) mass is 366 g/mol. The predicted molar refractivity (Wildman–Crippen MR) is 104 cm³/mol. The average molecular weight is 366 g/mol. The molecule has 0 aliphatic carbocycles. The van der Waals surface area contributed by atoms with Gasteiger partial charge in [0.2, 0.25) is 0 Å². The van der Waals surface area contributed by atoms with Crippen LogP contribution in [-0.4, -0.2) is 32.2 Å². The molecule has 2 aliphatic heterocycles. The fourth-order valence-electron chi connectivity index (χ4n) is 4.18. The molecule has 5 nitrogen and oxygen atoms in total. The minimum absolute atomic E-state index is 0.0146. The molecule has 0 aromatic heterocycles. The number of carbonyl (C=O) groups is 1. The standard InChI is InChI=1S/C22H26N2O3/c1-14-21(13-27-18-8-5-16-12-24-22(25)20(16)11-18)19(9-10-23-14)15-3-6-17(26-2)7-4-15/h3-8,11,14,19,21,23H,9-10,12-13H2,1-2H3,(H,24,25)/t14-,19+,21-/m1/s1. The highest BCUT2D eigenvalue weighted by Crippen LogP contribution is 2.35. The molecule has 0 spiro atoms. The Kier molecular flexibility index (Phi) is 5.03. The number of ether oxygens (including phenoxy) is 2. The molecule has 0 saturated carbocycles. The van der Waals surface area contributed by atoms with Gasteiger partial charge in [0.1, 0.15) is 11.5 Å². The van der Waals surface area contributed by atoms with Gasteiger partial charge >= 0.3 is 0 Å². The molecule has 5 heteroatoms. The number of rotatable bonds is 5. The van der Waals surface area contributed by atoms with E-state index in [-0.39, 0.29) is 5.91 Å². The van der Waals surface area contributed by atoms with Crippen molar-refractivity contribution in [3.63, 3.8) is 0 Å². The lowest BCUT2D eigenvalue weighted by atomic mass is 9.77. The molecule has 1 fully saturated rings. The van der Waals surface area contributed by atoms with Crippen molar-refractivity contribution in [3.8, 4) is 11.5 Å². The number of hydrogen-bond acceptors (Lipinski definition) is 4. The highest BCUT2D eigenvalue weighted by Gasteiger charge is 2.32. The number of nitrogens with one attached hydrogen (secondary N) is 2. The molecule has 4 rings (SSSR count). The minimum atomic E-state index is -0.0146. The summed E-state index contributed by atoms with van der Waals surface area (Å²) in [5, 5.41) is 6.42. The zero-order valence-corrected chi connectivity index (χ0v) is 15.8. The first kappa shape index (κ1) is 17.9. The van der Waals surface area contributed by atoms with Crippen LogP contribution in [0, 0.1) is 5.92 Å². The summed E-state index contributed by atoms with van der Waals surface area (Å²) in [4.78, 5) is 11.9. The Morgan fingerprint density at radius 1 is 1.11 bits per heavy atom. The van der Waals surface area contributed by atoms with Crippen molar-refractivity contribution in [2.75, 3.05) is 20.3 Å². The molecule has 2 aliphatic rings. The van der Waals surface area contributed by atoms with E-state index in [1.165, 1.54) is 5.56 Å². The Labute approximate surface area is 160 Å². The van der Waals surface area contributed by atoms with Crippen molar-refractivity contribution in [3.05, 3.63) is 59.2 Å². The van der Waals surface area contributed by atoms with Crippen molar-refractivity contribution >= 4 is 5.91 Å². The third kappa shape index (κ3) is 3.65. The first-order valence-corrected chi connectivity index (χ1v) is 9.57. The maximum absolute atomic E-state index is 11.9. The zero-order valence-electron chi connectivity index (χ0n) is 15.8. The zero-order chi connectivity index (χ0) is 18.8. The summed E-state index contributed by atoms with van der Waals surface area (Å²) >= 11 is 0. The summed E-state index contributed by atoms with van der Waals surface area (Å²) in [6, 6.07) is 14.5. The highest BCUT2D eigenvalue weighted by molar-refractivity contribution is 5.98. The normalized spacial score (nSPS) is 24.2. The lowest BCUT2D eigenvalue weighted by Crippen LogP contribution is -2.45. The summed E-state index contributed by atoms with van der Waals surface area (Å²) in [6.07, 6.45) is 1.08. The van der Waals surface area contributed by atoms with Gasteiger partial charge in [0.15, 0.2) is 0 Å². The van der Waals surface area contributed by atoms with Crippen LogP contribution >= 0.6 is 0 Å². The lowest BCUT2D eigenvalue weighted by Gasteiger charge is -2.37. The van der Waals surface area contributed by atoms with Crippen LogP contribution in [0.25, 0.3) is 0 Å². The number of benzene rings is 2. The van der Waals surface area contributed by atoms with Crippen LogP contribution < -0.4 is 20.1 Å². The third-order valence-electron chi connectivity index (χ3n) is 5.83. The van der Waals surface area contributed by atoms with E-state index in [1.807, 2.05) is 30.3 Å². The second kappa shape index (κ2) is 7.61. The molecule has 2 heterocycles. The Balaban J connectivity index is 1.49. The summed E-state index contributed by atoms with van der Waals surface area (Å²) in [5.74, 6) is 2.42. The van der Waals surface area contributed by atoms with Gasteiger partial charge in [-0.15, -0.1) is 0 Å².